The van der Waals surface area contributed by atoms with Gasteiger partial charge >= 0.3 is 0 Å². The topological polar surface area (TPSA) is 53.1 Å². The van der Waals surface area contributed by atoms with Gasteiger partial charge in [-0.15, -0.1) is 0 Å². The van der Waals surface area contributed by atoms with Crippen LogP contribution in [0.2, 0.25) is 0 Å². The number of ether oxygens (including phenoxy) is 1. The van der Waals surface area contributed by atoms with Crippen LogP contribution >= 0.6 is 0 Å². The molecule has 3 aromatic rings. The van der Waals surface area contributed by atoms with Crippen LogP contribution < -0.4 is 10.5 Å². The molecule has 106 valence electrons. The van der Waals surface area contributed by atoms with E-state index in [0.717, 1.165) is 17.4 Å². The van der Waals surface area contributed by atoms with E-state index >= 15 is 0 Å². The molecule has 0 fully saturated rings. The molecule has 1 unspecified atom stereocenters. The first-order valence-corrected chi connectivity index (χ1v) is 6.49. The van der Waals surface area contributed by atoms with E-state index in [2.05, 4.69) is 4.98 Å². The zero-order chi connectivity index (χ0) is 14.6. The van der Waals surface area contributed by atoms with Crippen LogP contribution in [0.25, 0.3) is 11.0 Å². The molecule has 1 aliphatic rings. The number of benzene rings is 2. The lowest BCUT2D eigenvalue weighted by Gasteiger charge is -2.14. The summed E-state index contributed by atoms with van der Waals surface area (Å²) in [6, 6.07) is 9.32. The highest BCUT2D eigenvalue weighted by atomic mass is 19.1. The van der Waals surface area contributed by atoms with Gasteiger partial charge in [-0.3, -0.25) is 4.57 Å². The number of nitrogens with zero attached hydrogens (tertiary/aromatic N) is 2. The maximum absolute atomic E-state index is 13.8. The van der Waals surface area contributed by atoms with Crippen molar-refractivity contribution in [2.45, 2.75) is 6.04 Å². The normalized spacial score (nSPS) is 17.0. The van der Waals surface area contributed by atoms with Gasteiger partial charge in [0.25, 0.3) is 0 Å². The Kier molecular flexibility index (Phi) is 2.42. The number of hydrogen-bond acceptors (Lipinski definition) is 3. The highest BCUT2D eigenvalue weighted by Crippen LogP contribution is 2.38. The lowest BCUT2D eigenvalue weighted by Crippen LogP contribution is -2.14. The smallest absolute Gasteiger partial charge is 0.202 e. The SMILES string of the molecule is Nc1nc2c(F)cc(F)cc2n1C1COc2ccccc21. The highest BCUT2D eigenvalue weighted by Gasteiger charge is 2.29. The van der Waals surface area contributed by atoms with Crippen LogP contribution in [-0.4, -0.2) is 16.2 Å². The van der Waals surface area contributed by atoms with Crippen LogP contribution in [0, 0.1) is 11.6 Å². The van der Waals surface area contributed by atoms with Gasteiger partial charge in [-0.1, -0.05) is 18.2 Å². The van der Waals surface area contributed by atoms with Crippen LogP contribution in [0.15, 0.2) is 36.4 Å². The summed E-state index contributed by atoms with van der Waals surface area (Å²) in [4.78, 5) is 4.01. The van der Waals surface area contributed by atoms with E-state index < -0.39 is 11.6 Å². The lowest BCUT2D eigenvalue weighted by atomic mass is 10.1. The molecular formula is C15H11F2N3O. The number of halogens is 2. The number of para-hydroxylation sites is 1. The number of rotatable bonds is 1. The molecule has 1 atom stereocenters. The number of fused-ring (bicyclic) bond motifs is 2. The minimum Gasteiger partial charge on any atom is -0.491 e. The fourth-order valence-corrected chi connectivity index (χ4v) is 2.83. The number of anilines is 1. The van der Waals surface area contributed by atoms with Crippen molar-refractivity contribution < 1.29 is 13.5 Å². The van der Waals surface area contributed by atoms with Crippen molar-refractivity contribution in [3.8, 4) is 5.75 Å². The van der Waals surface area contributed by atoms with Gasteiger partial charge in [-0.2, -0.15) is 0 Å². The minimum absolute atomic E-state index is 0.0679. The van der Waals surface area contributed by atoms with Gasteiger partial charge < -0.3 is 10.5 Å². The Balaban J connectivity index is 1.98. The van der Waals surface area contributed by atoms with Crippen molar-refractivity contribution in [2.75, 3.05) is 12.3 Å². The lowest BCUT2D eigenvalue weighted by molar-refractivity contribution is 0.320. The van der Waals surface area contributed by atoms with Crippen molar-refractivity contribution in [2.24, 2.45) is 0 Å². The first-order valence-electron chi connectivity index (χ1n) is 6.49. The molecule has 2 heterocycles. The molecule has 0 radical (unpaired) electrons. The summed E-state index contributed by atoms with van der Waals surface area (Å²) in [5.41, 5.74) is 7.24. The Labute approximate surface area is 118 Å². The van der Waals surface area contributed by atoms with E-state index in [1.54, 1.807) is 4.57 Å². The Hall–Kier alpha value is -2.63. The van der Waals surface area contributed by atoms with Crippen LogP contribution in [0.1, 0.15) is 11.6 Å². The summed E-state index contributed by atoms with van der Waals surface area (Å²) < 4.78 is 34.6. The third-order valence-corrected chi connectivity index (χ3v) is 3.73. The molecule has 6 heteroatoms. The van der Waals surface area contributed by atoms with Crippen LogP contribution in [0.5, 0.6) is 5.75 Å². The Morgan fingerprint density at radius 3 is 2.90 bits per heavy atom. The molecule has 0 saturated heterocycles. The first kappa shape index (κ1) is 12.1. The van der Waals surface area contributed by atoms with Crippen molar-refractivity contribution in [3.63, 3.8) is 0 Å². The molecule has 21 heavy (non-hydrogen) atoms. The van der Waals surface area contributed by atoms with Gasteiger partial charge in [0.15, 0.2) is 5.82 Å². The maximum Gasteiger partial charge on any atom is 0.202 e. The van der Waals surface area contributed by atoms with Crippen LogP contribution in [0.4, 0.5) is 14.7 Å². The highest BCUT2D eigenvalue weighted by molar-refractivity contribution is 5.79. The summed E-state index contributed by atoms with van der Waals surface area (Å²) in [6.07, 6.45) is 0. The molecule has 0 saturated carbocycles. The molecule has 2 N–H and O–H groups in total. The number of hydrogen-bond donors (Lipinski definition) is 1. The summed E-state index contributed by atoms with van der Waals surface area (Å²) in [6.45, 7) is 0.354. The van der Waals surface area contributed by atoms with E-state index in [1.807, 2.05) is 24.3 Å². The largest absolute Gasteiger partial charge is 0.491 e. The van der Waals surface area contributed by atoms with E-state index in [9.17, 15) is 8.78 Å². The zero-order valence-corrected chi connectivity index (χ0v) is 10.9. The van der Waals surface area contributed by atoms with E-state index in [1.165, 1.54) is 6.07 Å². The van der Waals surface area contributed by atoms with Crippen molar-refractivity contribution >= 4 is 17.0 Å². The second-order valence-corrected chi connectivity index (χ2v) is 4.96. The van der Waals surface area contributed by atoms with Gasteiger partial charge in [-0.05, 0) is 6.07 Å². The molecule has 0 amide bonds. The molecular weight excluding hydrogens is 276 g/mol. The second kappa shape index (κ2) is 4.18. The quantitative estimate of drug-likeness (QED) is 0.748. The molecule has 2 aromatic carbocycles. The maximum atomic E-state index is 13.8. The zero-order valence-electron chi connectivity index (χ0n) is 10.9. The number of imidazole rings is 1. The molecule has 0 bridgehead atoms. The van der Waals surface area contributed by atoms with Gasteiger partial charge in [0, 0.05) is 17.7 Å². The Bertz CT molecular complexity index is 859. The molecule has 1 aromatic heterocycles. The Morgan fingerprint density at radius 1 is 1.24 bits per heavy atom. The average Bonchev–Trinajstić information content (AvgIpc) is 3.00. The molecule has 0 spiro atoms. The minimum atomic E-state index is -0.720. The van der Waals surface area contributed by atoms with Gasteiger partial charge in [0.05, 0.1) is 11.6 Å². The molecule has 1 aliphatic heterocycles. The molecule has 4 nitrogen and oxygen atoms in total. The van der Waals surface area contributed by atoms with Crippen molar-refractivity contribution in [1.29, 1.82) is 0 Å². The Morgan fingerprint density at radius 2 is 2.05 bits per heavy atom. The van der Waals surface area contributed by atoms with Crippen molar-refractivity contribution in [1.82, 2.24) is 9.55 Å². The monoisotopic (exact) mass is 287 g/mol. The van der Waals surface area contributed by atoms with Crippen molar-refractivity contribution in [3.05, 3.63) is 53.6 Å². The summed E-state index contributed by atoms with van der Waals surface area (Å²) in [5.74, 6) is -0.489. The molecule has 0 aliphatic carbocycles. The van der Waals surface area contributed by atoms with Crippen LogP contribution in [-0.2, 0) is 0 Å². The van der Waals surface area contributed by atoms with Gasteiger partial charge in [-0.25, -0.2) is 13.8 Å². The van der Waals surface area contributed by atoms with Gasteiger partial charge in [0.2, 0.25) is 5.95 Å². The van der Waals surface area contributed by atoms with E-state index in [0.29, 0.717) is 12.1 Å². The van der Waals surface area contributed by atoms with E-state index in [4.69, 9.17) is 10.5 Å². The summed E-state index contributed by atoms with van der Waals surface area (Å²) in [7, 11) is 0. The standard InChI is InChI=1S/C15H11F2N3O/c16-8-5-10(17)14-11(6-8)20(15(18)19-14)12-7-21-13-4-2-1-3-9(12)13/h1-6,12H,7H2,(H2,18,19). The average molecular weight is 287 g/mol. The number of aromatic nitrogens is 2. The number of nitrogen functional groups attached to an aromatic ring is 1. The third-order valence-electron chi connectivity index (χ3n) is 3.73. The predicted octanol–water partition coefficient (Wildman–Crippen LogP) is 2.88. The summed E-state index contributed by atoms with van der Waals surface area (Å²) in [5, 5.41) is 0. The number of nitrogens with two attached hydrogens (primary N) is 1. The fourth-order valence-electron chi connectivity index (χ4n) is 2.83. The van der Waals surface area contributed by atoms with Gasteiger partial charge in [0.1, 0.15) is 23.7 Å². The third kappa shape index (κ3) is 1.68. The fraction of sp³-hybridized carbons (Fsp3) is 0.133. The first-order chi connectivity index (χ1) is 10.1. The van der Waals surface area contributed by atoms with Crippen LogP contribution in [0.3, 0.4) is 0 Å². The van der Waals surface area contributed by atoms with E-state index in [-0.39, 0.29) is 17.5 Å². The predicted molar refractivity (Wildman–Crippen MR) is 74.1 cm³/mol. The summed E-state index contributed by atoms with van der Waals surface area (Å²) >= 11 is 0. The molecule has 4 rings (SSSR count). The second-order valence-electron chi connectivity index (χ2n) is 4.96.